The van der Waals surface area contributed by atoms with Crippen molar-refractivity contribution >= 4 is 17.7 Å². The summed E-state index contributed by atoms with van der Waals surface area (Å²) in [6, 6.07) is 7.06. The van der Waals surface area contributed by atoms with Crippen LogP contribution < -0.4 is 10.6 Å². The first-order valence-corrected chi connectivity index (χ1v) is 9.82. The van der Waals surface area contributed by atoms with Gasteiger partial charge in [0.05, 0.1) is 24.9 Å². The van der Waals surface area contributed by atoms with Gasteiger partial charge in [0.25, 0.3) is 0 Å². The molecule has 0 bridgehead atoms. The van der Waals surface area contributed by atoms with E-state index in [2.05, 4.69) is 15.5 Å². The molecule has 0 radical (unpaired) electrons. The second-order valence-corrected chi connectivity index (χ2v) is 7.65. The van der Waals surface area contributed by atoms with E-state index in [0.717, 1.165) is 32.0 Å². The van der Waals surface area contributed by atoms with Crippen LogP contribution in [-0.4, -0.2) is 61.4 Å². The summed E-state index contributed by atoms with van der Waals surface area (Å²) in [6.45, 7) is 4.70. The number of benzene rings is 1. The van der Waals surface area contributed by atoms with Crippen molar-refractivity contribution in [2.45, 2.75) is 44.4 Å². The zero-order chi connectivity index (χ0) is 18.8. The van der Waals surface area contributed by atoms with E-state index in [4.69, 9.17) is 9.47 Å². The zero-order valence-electron chi connectivity index (χ0n) is 15.6. The first-order valence-electron chi connectivity index (χ1n) is 9.82. The van der Waals surface area contributed by atoms with Crippen molar-refractivity contribution in [2.75, 3.05) is 31.6 Å². The number of esters is 1. The summed E-state index contributed by atoms with van der Waals surface area (Å²) in [5, 5.41) is 5.87. The van der Waals surface area contributed by atoms with Crippen LogP contribution in [0.2, 0.25) is 0 Å². The van der Waals surface area contributed by atoms with Crippen LogP contribution in [0.1, 0.15) is 36.5 Å². The Labute approximate surface area is 159 Å². The van der Waals surface area contributed by atoms with Crippen LogP contribution in [0, 0.1) is 5.92 Å². The van der Waals surface area contributed by atoms with Crippen molar-refractivity contribution in [2.24, 2.45) is 5.92 Å². The van der Waals surface area contributed by atoms with Crippen LogP contribution in [0.5, 0.6) is 0 Å². The highest BCUT2D eigenvalue weighted by atomic mass is 16.5. The highest BCUT2D eigenvalue weighted by molar-refractivity contribution is 5.94. The molecule has 2 amide bonds. The topological polar surface area (TPSA) is 79.9 Å². The fourth-order valence-corrected chi connectivity index (χ4v) is 4.05. The Balaban J connectivity index is 1.28. The number of ether oxygens (including phenoxy) is 2. The lowest BCUT2D eigenvalue weighted by atomic mass is 10.1. The van der Waals surface area contributed by atoms with E-state index in [1.54, 1.807) is 31.2 Å². The molecule has 7 heteroatoms. The lowest BCUT2D eigenvalue weighted by Gasteiger charge is -2.35. The Kier molecular flexibility index (Phi) is 5.31. The van der Waals surface area contributed by atoms with E-state index >= 15 is 0 Å². The average Bonchev–Trinajstić information content (AvgIpc) is 3.42. The minimum Gasteiger partial charge on any atom is -0.462 e. The quantitative estimate of drug-likeness (QED) is 0.774. The molecule has 3 atom stereocenters. The minimum atomic E-state index is -0.389. The molecule has 0 unspecified atom stereocenters. The molecule has 1 saturated carbocycles. The molecular weight excluding hydrogens is 346 g/mol. The first kappa shape index (κ1) is 18.3. The smallest absolute Gasteiger partial charge is 0.338 e. The maximum absolute atomic E-state index is 12.4. The SMILES string of the molecule is CCOC(=O)c1cccc(NC(=O)N[C@H]2C[C@H]3CO[C@@H](C4CC4)CN3C2)c1. The van der Waals surface area contributed by atoms with Crippen molar-refractivity contribution < 1.29 is 19.1 Å². The number of nitrogens with zero attached hydrogens (tertiary/aromatic N) is 1. The molecule has 2 saturated heterocycles. The van der Waals surface area contributed by atoms with Gasteiger partial charge in [0.2, 0.25) is 0 Å². The summed E-state index contributed by atoms with van der Waals surface area (Å²) >= 11 is 0. The van der Waals surface area contributed by atoms with Gasteiger partial charge in [-0.25, -0.2) is 9.59 Å². The fraction of sp³-hybridized carbons (Fsp3) is 0.600. The summed E-state index contributed by atoms with van der Waals surface area (Å²) in [7, 11) is 0. The molecule has 3 aliphatic rings. The number of carbonyl (C=O) groups excluding carboxylic acids is 2. The van der Waals surface area contributed by atoms with Crippen LogP contribution >= 0.6 is 0 Å². The summed E-state index contributed by atoms with van der Waals surface area (Å²) in [5.41, 5.74) is 1.00. The summed E-state index contributed by atoms with van der Waals surface area (Å²) in [5.74, 6) is 0.354. The van der Waals surface area contributed by atoms with E-state index in [9.17, 15) is 9.59 Å². The highest BCUT2D eigenvalue weighted by Crippen LogP contribution is 2.37. The fourth-order valence-electron chi connectivity index (χ4n) is 4.05. The van der Waals surface area contributed by atoms with Gasteiger partial charge in [0, 0.05) is 30.9 Å². The molecule has 7 nitrogen and oxygen atoms in total. The number of anilines is 1. The summed E-state index contributed by atoms with van der Waals surface area (Å²) in [6.07, 6.45) is 3.86. The third-order valence-electron chi connectivity index (χ3n) is 5.56. The minimum absolute atomic E-state index is 0.116. The molecule has 27 heavy (non-hydrogen) atoms. The molecule has 4 rings (SSSR count). The number of amides is 2. The molecule has 2 heterocycles. The maximum Gasteiger partial charge on any atom is 0.338 e. The molecule has 1 aromatic rings. The molecular formula is C20H27N3O4. The number of hydrogen-bond donors (Lipinski definition) is 2. The largest absolute Gasteiger partial charge is 0.462 e. The van der Waals surface area contributed by atoms with Crippen molar-refractivity contribution in [1.29, 1.82) is 0 Å². The monoisotopic (exact) mass is 373 g/mol. The van der Waals surface area contributed by atoms with Gasteiger partial charge in [-0.15, -0.1) is 0 Å². The van der Waals surface area contributed by atoms with Gasteiger partial charge in [-0.2, -0.15) is 0 Å². The summed E-state index contributed by atoms with van der Waals surface area (Å²) < 4.78 is 11.0. The van der Waals surface area contributed by atoms with E-state index < -0.39 is 0 Å². The Morgan fingerprint density at radius 3 is 2.93 bits per heavy atom. The normalized spacial score (nSPS) is 27.7. The Morgan fingerprint density at radius 1 is 1.30 bits per heavy atom. The number of urea groups is 1. The van der Waals surface area contributed by atoms with Gasteiger partial charge >= 0.3 is 12.0 Å². The molecule has 0 spiro atoms. The maximum atomic E-state index is 12.4. The molecule has 0 aromatic heterocycles. The molecule has 1 aromatic carbocycles. The Morgan fingerprint density at radius 2 is 2.15 bits per heavy atom. The molecule has 1 aliphatic carbocycles. The van der Waals surface area contributed by atoms with Gasteiger partial charge in [0.1, 0.15) is 0 Å². The van der Waals surface area contributed by atoms with Crippen molar-refractivity contribution in [3.63, 3.8) is 0 Å². The van der Waals surface area contributed by atoms with Crippen molar-refractivity contribution in [1.82, 2.24) is 10.2 Å². The Hall–Kier alpha value is -2.12. The van der Waals surface area contributed by atoms with Gasteiger partial charge in [0.15, 0.2) is 0 Å². The average molecular weight is 373 g/mol. The predicted molar refractivity (Wildman–Crippen MR) is 101 cm³/mol. The second-order valence-electron chi connectivity index (χ2n) is 7.65. The zero-order valence-corrected chi connectivity index (χ0v) is 15.6. The van der Waals surface area contributed by atoms with Crippen molar-refractivity contribution in [3.05, 3.63) is 29.8 Å². The highest BCUT2D eigenvalue weighted by Gasteiger charge is 2.42. The van der Waals surface area contributed by atoms with Gasteiger partial charge < -0.3 is 20.1 Å². The van der Waals surface area contributed by atoms with Crippen LogP contribution in [0.4, 0.5) is 10.5 Å². The number of hydrogen-bond acceptors (Lipinski definition) is 5. The van der Waals surface area contributed by atoms with E-state index in [0.29, 0.717) is 30.0 Å². The van der Waals surface area contributed by atoms with E-state index in [1.165, 1.54) is 12.8 Å². The second kappa shape index (κ2) is 7.86. The van der Waals surface area contributed by atoms with Crippen molar-refractivity contribution in [3.8, 4) is 0 Å². The van der Waals surface area contributed by atoms with E-state index in [-0.39, 0.29) is 18.0 Å². The number of rotatable bonds is 5. The van der Waals surface area contributed by atoms with Gasteiger partial charge in [-0.3, -0.25) is 4.90 Å². The van der Waals surface area contributed by atoms with Crippen LogP contribution in [-0.2, 0) is 9.47 Å². The molecule has 2 N–H and O–H groups in total. The molecule has 3 fully saturated rings. The molecule has 146 valence electrons. The lowest BCUT2D eigenvalue weighted by molar-refractivity contribution is -0.0581. The molecule has 2 aliphatic heterocycles. The number of morpholine rings is 1. The predicted octanol–water partition coefficient (Wildman–Crippen LogP) is 2.24. The standard InChI is InChI=1S/C20H27N3O4/c1-2-26-19(24)14-4-3-5-15(8-14)21-20(25)22-16-9-17-12-27-18(13-6-7-13)11-23(17)10-16/h3-5,8,13,16-18H,2,6-7,9-12H2,1H3,(H2,21,22,25)/t16-,17-,18+/m0/s1. The Bertz CT molecular complexity index is 706. The number of fused-ring (bicyclic) bond motifs is 1. The van der Waals surface area contributed by atoms with Gasteiger partial charge in [-0.05, 0) is 50.3 Å². The van der Waals surface area contributed by atoms with E-state index in [1.807, 2.05) is 0 Å². The third-order valence-corrected chi connectivity index (χ3v) is 5.56. The first-order chi connectivity index (χ1) is 13.1. The van der Waals surface area contributed by atoms with Crippen LogP contribution in [0.25, 0.3) is 0 Å². The van der Waals surface area contributed by atoms with Crippen LogP contribution in [0.15, 0.2) is 24.3 Å². The lowest BCUT2D eigenvalue weighted by Crippen LogP contribution is -2.47. The van der Waals surface area contributed by atoms with Gasteiger partial charge in [-0.1, -0.05) is 6.07 Å². The van der Waals surface area contributed by atoms with Crippen LogP contribution in [0.3, 0.4) is 0 Å². The summed E-state index contributed by atoms with van der Waals surface area (Å²) in [4.78, 5) is 26.6. The number of nitrogens with one attached hydrogen (secondary N) is 2. The third kappa shape index (κ3) is 4.42. The number of carbonyl (C=O) groups is 2.